The minimum Gasteiger partial charge on any atom is -0.310 e. The van der Waals surface area contributed by atoms with Crippen molar-refractivity contribution in [3.8, 4) is 22.3 Å². The third-order valence-corrected chi connectivity index (χ3v) is 16.4. The lowest BCUT2D eigenvalue weighted by molar-refractivity contribution is 0.660. The van der Waals surface area contributed by atoms with Gasteiger partial charge in [-0.1, -0.05) is 233 Å². The molecule has 0 amide bonds. The molecule has 2 nitrogen and oxygen atoms in total. The number of fused-ring (bicyclic) bond motifs is 8. The van der Waals surface area contributed by atoms with Crippen LogP contribution in [0, 0.1) is 13.8 Å². The number of aryl methyl sites for hydroxylation is 2. The van der Waals surface area contributed by atoms with Gasteiger partial charge >= 0.3 is 0 Å². The molecule has 0 fully saturated rings. The molecule has 0 bridgehead atoms. The number of rotatable bonds is 10. The third kappa shape index (κ3) is 8.13. The third-order valence-electron chi connectivity index (χ3n) is 16.4. The highest BCUT2D eigenvalue weighted by atomic mass is 15.1. The summed E-state index contributed by atoms with van der Waals surface area (Å²) < 4.78 is 0. The van der Waals surface area contributed by atoms with Crippen LogP contribution < -0.4 is 9.80 Å². The Labute approximate surface area is 448 Å². The molecule has 0 spiro atoms. The average molecular weight is 977 g/mol. The van der Waals surface area contributed by atoms with E-state index in [2.05, 4.69) is 306 Å². The molecule has 0 unspecified atom stereocenters. The first-order chi connectivity index (χ1) is 37.0. The molecule has 0 atom stereocenters. The number of anilines is 6. The van der Waals surface area contributed by atoms with Crippen LogP contribution in [0.5, 0.6) is 0 Å². The van der Waals surface area contributed by atoms with Crippen molar-refractivity contribution >= 4 is 80.0 Å². The summed E-state index contributed by atoms with van der Waals surface area (Å²) in [5.74, 6) is 0. The zero-order valence-corrected chi connectivity index (χ0v) is 44.1. The monoisotopic (exact) mass is 976 g/mol. The predicted molar refractivity (Wildman–Crippen MR) is 326 cm³/mol. The van der Waals surface area contributed by atoms with E-state index in [9.17, 15) is 0 Å². The van der Waals surface area contributed by atoms with Crippen LogP contribution in [0.3, 0.4) is 0 Å². The molecular weight excluding hydrogens is 917 g/mol. The lowest BCUT2D eigenvalue weighted by Gasteiger charge is -2.29. The maximum absolute atomic E-state index is 2.43. The minimum absolute atomic E-state index is 0.180. The van der Waals surface area contributed by atoms with Crippen molar-refractivity contribution in [1.82, 2.24) is 0 Å². The topological polar surface area (TPSA) is 6.48 Å². The van der Waals surface area contributed by atoms with Gasteiger partial charge < -0.3 is 9.80 Å². The van der Waals surface area contributed by atoms with Crippen LogP contribution in [0.1, 0.15) is 83.3 Å². The molecule has 366 valence electrons. The fourth-order valence-electron chi connectivity index (χ4n) is 12.1. The van der Waals surface area contributed by atoms with Gasteiger partial charge in [0.1, 0.15) is 0 Å². The van der Waals surface area contributed by atoms with Gasteiger partial charge in [0, 0.05) is 44.4 Å². The van der Waals surface area contributed by atoms with Crippen molar-refractivity contribution in [3.63, 3.8) is 0 Å². The minimum atomic E-state index is -0.180. The molecule has 76 heavy (non-hydrogen) atoms. The van der Waals surface area contributed by atoms with Gasteiger partial charge in [0.15, 0.2) is 0 Å². The summed E-state index contributed by atoms with van der Waals surface area (Å²) in [6.07, 6.45) is 8.98. The fourth-order valence-corrected chi connectivity index (χ4v) is 12.1. The van der Waals surface area contributed by atoms with Crippen LogP contribution in [0.4, 0.5) is 34.1 Å². The van der Waals surface area contributed by atoms with Crippen LogP contribution in [0.2, 0.25) is 0 Å². The molecule has 0 aromatic heterocycles. The Hall–Kier alpha value is -8.98. The first-order valence-electron chi connectivity index (χ1n) is 26.7. The first-order valence-corrected chi connectivity index (χ1v) is 26.7. The lowest BCUT2D eigenvalue weighted by Crippen LogP contribution is -2.17. The van der Waals surface area contributed by atoms with E-state index < -0.39 is 0 Å². The van der Waals surface area contributed by atoms with E-state index in [1.54, 1.807) is 0 Å². The standard InChI is InChI=1S/C74H60N2/c1-49-21-35-57(36-22-49)75(71-19-11-15-55-13-7-9-17-61(55)71)59-39-43-65-63-41-33-53(45-67(63)73(3,4)69(65)47-59)31-29-51-25-27-52(28-26-51)30-32-54-34-42-64-66-44-40-60(48-70(66)74(5,6)68(64)46-54)76(58-37-23-50(2)24-38-58)72-20-12-16-56-14-8-10-18-62(56)72/h7-48H,1-6H3/b31-29+,32-30+. The van der Waals surface area contributed by atoms with E-state index in [0.29, 0.717) is 0 Å². The summed E-state index contributed by atoms with van der Waals surface area (Å²) in [6.45, 7) is 13.8. The SMILES string of the molecule is Cc1ccc(N(c2ccc3c(c2)C(C)(C)c2cc(/C=C/c4ccc(/C=C/c5ccc6c(c5)C(C)(C)c5cc(N(c7ccc(C)cc7)c7cccc8ccccc78)ccc5-6)cc4)ccc2-3)c2cccc3ccccc23)cc1. The van der Waals surface area contributed by atoms with Crippen molar-refractivity contribution < 1.29 is 0 Å². The molecule has 0 aliphatic heterocycles. The van der Waals surface area contributed by atoms with Crippen LogP contribution in [-0.2, 0) is 10.8 Å². The Bertz CT molecular complexity index is 3830. The Morgan fingerprint density at radius 2 is 0.605 bits per heavy atom. The molecule has 0 N–H and O–H groups in total. The summed E-state index contributed by atoms with van der Waals surface area (Å²) in [4.78, 5) is 4.85. The van der Waals surface area contributed by atoms with Crippen molar-refractivity contribution in [3.05, 3.63) is 286 Å². The lowest BCUT2D eigenvalue weighted by atomic mass is 9.81. The quantitative estimate of drug-likeness (QED) is 0.126. The first kappa shape index (κ1) is 46.8. The zero-order valence-electron chi connectivity index (χ0n) is 44.1. The van der Waals surface area contributed by atoms with Gasteiger partial charge in [0.25, 0.3) is 0 Å². The fraction of sp³-hybridized carbons (Fsp3) is 0.108. The second-order valence-electron chi connectivity index (χ2n) is 22.0. The zero-order chi connectivity index (χ0) is 51.7. The average Bonchev–Trinajstić information content (AvgIpc) is 3.82. The maximum atomic E-state index is 2.43. The molecule has 13 rings (SSSR count). The smallest absolute Gasteiger partial charge is 0.0540 e. The number of hydrogen-bond acceptors (Lipinski definition) is 2. The number of nitrogens with zero attached hydrogens (tertiary/aromatic N) is 2. The molecule has 2 aliphatic rings. The van der Waals surface area contributed by atoms with Crippen LogP contribution in [0.25, 0.3) is 68.1 Å². The molecule has 0 heterocycles. The Kier molecular flexibility index (Phi) is 11.4. The highest BCUT2D eigenvalue weighted by Crippen LogP contribution is 2.53. The van der Waals surface area contributed by atoms with Crippen molar-refractivity contribution in [2.45, 2.75) is 52.4 Å². The van der Waals surface area contributed by atoms with Crippen molar-refractivity contribution in [2.75, 3.05) is 9.80 Å². The van der Waals surface area contributed by atoms with Gasteiger partial charge in [0.05, 0.1) is 11.4 Å². The van der Waals surface area contributed by atoms with E-state index in [1.165, 1.54) is 111 Å². The summed E-state index contributed by atoms with van der Waals surface area (Å²) in [5, 5.41) is 4.93. The van der Waals surface area contributed by atoms with Gasteiger partial charge in [-0.2, -0.15) is 0 Å². The van der Waals surface area contributed by atoms with E-state index in [1.807, 2.05) is 0 Å². The highest BCUT2D eigenvalue weighted by molar-refractivity contribution is 6.01. The predicted octanol–water partition coefficient (Wildman–Crippen LogP) is 20.5. The van der Waals surface area contributed by atoms with Gasteiger partial charge in [-0.25, -0.2) is 0 Å². The Morgan fingerprint density at radius 3 is 1.01 bits per heavy atom. The van der Waals surface area contributed by atoms with Gasteiger partial charge in [0.2, 0.25) is 0 Å². The van der Waals surface area contributed by atoms with Crippen LogP contribution >= 0.6 is 0 Å². The number of hydrogen-bond donors (Lipinski definition) is 0. The summed E-state index contributed by atoms with van der Waals surface area (Å²) in [7, 11) is 0. The molecule has 11 aromatic rings. The molecule has 0 saturated heterocycles. The molecule has 11 aromatic carbocycles. The molecule has 0 saturated carbocycles. The summed E-state index contributed by atoms with van der Waals surface area (Å²) in [5.41, 5.74) is 24.5. The van der Waals surface area contributed by atoms with Gasteiger partial charge in [-0.05, 0) is 152 Å². The second kappa shape index (κ2) is 18.4. The maximum Gasteiger partial charge on any atom is 0.0540 e. The van der Waals surface area contributed by atoms with E-state index in [4.69, 9.17) is 0 Å². The number of benzene rings is 11. The molecule has 0 radical (unpaired) electrons. The van der Waals surface area contributed by atoms with E-state index >= 15 is 0 Å². The highest BCUT2D eigenvalue weighted by Gasteiger charge is 2.38. The summed E-state index contributed by atoms with van der Waals surface area (Å²) in [6, 6.07) is 85.4. The van der Waals surface area contributed by atoms with Crippen LogP contribution in [0.15, 0.2) is 231 Å². The molecule has 2 heteroatoms. The largest absolute Gasteiger partial charge is 0.310 e. The van der Waals surface area contributed by atoms with Crippen LogP contribution in [-0.4, -0.2) is 0 Å². The van der Waals surface area contributed by atoms with Crippen molar-refractivity contribution in [2.24, 2.45) is 0 Å². The van der Waals surface area contributed by atoms with E-state index in [0.717, 1.165) is 22.7 Å². The Balaban J connectivity index is 0.728. The van der Waals surface area contributed by atoms with Crippen molar-refractivity contribution in [1.29, 1.82) is 0 Å². The summed E-state index contributed by atoms with van der Waals surface area (Å²) >= 11 is 0. The molecule has 2 aliphatic carbocycles. The molecular formula is C74H60N2. The second-order valence-corrected chi connectivity index (χ2v) is 22.0. The van der Waals surface area contributed by atoms with E-state index in [-0.39, 0.29) is 10.8 Å². The normalized spacial score (nSPS) is 13.8. The Morgan fingerprint density at radius 1 is 0.289 bits per heavy atom. The van der Waals surface area contributed by atoms with Gasteiger partial charge in [-0.3, -0.25) is 0 Å². The van der Waals surface area contributed by atoms with Gasteiger partial charge in [-0.15, -0.1) is 0 Å².